The Morgan fingerprint density at radius 3 is 2.86 bits per heavy atom. The highest BCUT2D eigenvalue weighted by Crippen LogP contribution is 2.21. The number of carbonyl (C=O) groups excluding carboxylic acids is 2. The second kappa shape index (κ2) is 6.67. The number of benzene rings is 1. The number of halogens is 1. The van der Waals surface area contributed by atoms with Gasteiger partial charge in [-0.25, -0.2) is 4.39 Å². The summed E-state index contributed by atoms with van der Waals surface area (Å²) in [4.78, 5) is 27.0. The van der Waals surface area contributed by atoms with Crippen LogP contribution in [0.25, 0.3) is 0 Å². The first-order chi connectivity index (χ1) is 10.0. The van der Waals surface area contributed by atoms with Crippen LogP contribution in [0.4, 0.5) is 4.39 Å². The number of likely N-dealkylation sites (N-methyl/N-ethyl adjacent to an activating group) is 1. The molecule has 1 unspecified atom stereocenters. The van der Waals surface area contributed by atoms with Gasteiger partial charge < -0.3 is 15.1 Å². The maximum Gasteiger partial charge on any atom is 0.242 e. The van der Waals surface area contributed by atoms with Gasteiger partial charge in [-0.2, -0.15) is 0 Å². The molecule has 1 N–H and O–H groups in total. The molecule has 1 fully saturated rings. The third-order valence-corrected chi connectivity index (χ3v) is 3.84. The predicted octanol–water partition coefficient (Wildman–Crippen LogP) is 0.777. The summed E-state index contributed by atoms with van der Waals surface area (Å²) in [6, 6.07) is 6.03. The molecule has 1 aliphatic heterocycles. The van der Waals surface area contributed by atoms with Crippen LogP contribution >= 0.6 is 0 Å². The van der Waals surface area contributed by atoms with E-state index in [1.807, 2.05) is 0 Å². The smallest absolute Gasteiger partial charge is 0.242 e. The van der Waals surface area contributed by atoms with E-state index in [1.165, 1.54) is 15.9 Å². The zero-order valence-corrected chi connectivity index (χ0v) is 12.3. The molecule has 0 spiro atoms. The number of nitrogens with zero attached hydrogens (tertiary/aromatic N) is 2. The summed E-state index contributed by atoms with van der Waals surface area (Å²) in [7, 11) is 1.63. The topological polar surface area (TPSA) is 52.7 Å². The van der Waals surface area contributed by atoms with Gasteiger partial charge in [-0.05, 0) is 13.0 Å². The molecule has 1 aliphatic rings. The summed E-state index contributed by atoms with van der Waals surface area (Å²) in [6.45, 7) is 3.28. The third-order valence-electron chi connectivity index (χ3n) is 3.84. The molecule has 1 heterocycles. The van der Waals surface area contributed by atoms with Gasteiger partial charge >= 0.3 is 0 Å². The molecule has 0 radical (unpaired) electrons. The Bertz CT molecular complexity index is 535. The molecule has 1 saturated heterocycles. The Morgan fingerprint density at radius 2 is 2.19 bits per heavy atom. The first kappa shape index (κ1) is 15.4. The van der Waals surface area contributed by atoms with Crippen LogP contribution in [0.5, 0.6) is 0 Å². The van der Waals surface area contributed by atoms with Crippen molar-refractivity contribution in [3.8, 4) is 0 Å². The van der Waals surface area contributed by atoms with Crippen molar-refractivity contribution in [2.75, 3.05) is 33.2 Å². The number of hydrogen-bond donors (Lipinski definition) is 1. The van der Waals surface area contributed by atoms with Crippen LogP contribution in [0, 0.1) is 5.82 Å². The highest BCUT2D eigenvalue weighted by atomic mass is 19.1. The van der Waals surface area contributed by atoms with E-state index in [0.717, 1.165) is 0 Å². The average molecular weight is 293 g/mol. The van der Waals surface area contributed by atoms with Crippen molar-refractivity contribution in [1.29, 1.82) is 0 Å². The van der Waals surface area contributed by atoms with E-state index in [-0.39, 0.29) is 36.8 Å². The van der Waals surface area contributed by atoms with Crippen molar-refractivity contribution in [2.45, 2.75) is 13.0 Å². The highest BCUT2D eigenvalue weighted by Gasteiger charge is 2.25. The fraction of sp³-hybridized carbons (Fsp3) is 0.467. The molecular weight excluding hydrogens is 273 g/mol. The van der Waals surface area contributed by atoms with Crippen molar-refractivity contribution in [2.24, 2.45) is 0 Å². The van der Waals surface area contributed by atoms with Gasteiger partial charge in [0.25, 0.3) is 0 Å². The second-order valence-corrected chi connectivity index (χ2v) is 5.19. The third kappa shape index (κ3) is 3.58. The van der Waals surface area contributed by atoms with Crippen LogP contribution in [-0.4, -0.2) is 54.8 Å². The largest absolute Gasteiger partial charge is 0.337 e. The first-order valence-corrected chi connectivity index (χ1v) is 6.99. The van der Waals surface area contributed by atoms with E-state index in [2.05, 4.69) is 5.32 Å². The Morgan fingerprint density at radius 1 is 1.48 bits per heavy atom. The van der Waals surface area contributed by atoms with Gasteiger partial charge in [0.2, 0.25) is 11.8 Å². The lowest BCUT2D eigenvalue weighted by molar-refractivity contribution is -0.141. The lowest BCUT2D eigenvalue weighted by Crippen LogP contribution is -2.51. The van der Waals surface area contributed by atoms with Crippen molar-refractivity contribution in [1.82, 2.24) is 15.1 Å². The molecular formula is C15H20FN3O2. The fourth-order valence-corrected chi connectivity index (χ4v) is 2.33. The summed E-state index contributed by atoms with van der Waals surface area (Å²) in [5.41, 5.74) is 0.472. The molecule has 0 saturated carbocycles. The molecule has 0 aliphatic carbocycles. The van der Waals surface area contributed by atoms with Crippen molar-refractivity contribution < 1.29 is 14.0 Å². The van der Waals surface area contributed by atoms with Gasteiger partial charge in [0.15, 0.2) is 0 Å². The molecule has 21 heavy (non-hydrogen) atoms. The summed E-state index contributed by atoms with van der Waals surface area (Å²) in [5.74, 6) is -0.606. The summed E-state index contributed by atoms with van der Waals surface area (Å²) in [6.07, 6.45) is 0. The molecule has 5 nitrogen and oxygen atoms in total. The van der Waals surface area contributed by atoms with E-state index in [0.29, 0.717) is 18.7 Å². The minimum atomic E-state index is -0.378. The van der Waals surface area contributed by atoms with Crippen LogP contribution in [0.15, 0.2) is 24.3 Å². The summed E-state index contributed by atoms with van der Waals surface area (Å²) >= 11 is 0. The summed E-state index contributed by atoms with van der Waals surface area (Å²) in [5, 5.41) is 2.96. The SMILES string of the molecule is CC(c1ccccc1F)N(C)C(=O)CN1CCNCC1=O. The van der Waals surface area contributed by atoms with Crippen molar-refractivity contribution >= 4 is 11.8 Å². The first-order valence-electron chi connectivity index (χ1n) is 6.99. The van der Waals surface area contributed by atoms with E-state index in [1.54, 1.807) is 32.2 Å². The number of amides is 2. The number of piperazine rings is 1. The quantitative estimate of drug-likeness (QED) is 0.892. The highest BCUT2D eigenvalue weighted by molar-refractivity contribution is 5.86. The van der Waals surface area contributed by atoms with Crippen LogP contribution in [0.3, 0.4) is 0 Å². The summed E-state index contributed by atoms with van der Waals surface area (Å²) < 4.78 is 13.8. The number of carbonyl (C=O) groups is 2. The van der Waals surface area contributed by atoms with Gasteiger partial charge in [-0.3, -0.25) is 9.59 Å². The van der Waals surface area contributed by atoms with Gasteiger partial charge in [0, 0.05) is 25.7 Å². The van der Waals surface area contributed by atoms with Gasteiger partial charge in [0.1, 0.15) is 5.82 Å². The van der Waals surface area contributed by atoms with E-state index >= 15 is 0 Å². The fourth-order valence-electron chi connectivity index (χ4n) is 2.33. The van der Waals surface area contributed by atoms with Gasteiger partial charge in [-0.15, -0.1) is 0 Å². The molecule has 1 aromatic rings. The molecule has 1 aromatic carbocycles. The van der Waals surface area contributed by atoms with Crippen LogP contribution < -0.4 is 5.32 Å². The monoisotopic (exact) mass is 293 g/mol. The molecule has 0 aromatic heterocycles. The second-order valence-electron chi connectivity index (χ2n) is 5.19. The minimum absolute atomic E-state index is 0.0375. The van der Waals surface area contributed by atoms with E-state index < -0.39 is 0 Å². The number of nitrogens with one attached hydrogen (secondary N) is 1. The van der Waals surface area contributed by atoms with Crippen LogP contribution in [-0.2, 0) is 9.59 Å². The molecule has 0 bridgehead atoms. The standard InChI is InChI=1S/C15H20FN3O2/c1-11(12-5-3-4-6-13(12)16)18(2)15(21)10-19-8-7-17-9-14(19)20/h3-6,11,17H,7-10H2,1-2H3. The maximum absolute atomic E-state index is 13.8. The van der Waals surface area contributed by atoms with Crippen molar-refractivity contribution in [3.05, 3.63) is 35.6 Å². The Labute approximate surface area is 123 Å². The van der Waals surface area contributed by atoms with Crippen LogP contribution in [0.1, 0.15) is 18.5 Å². The number of rotatable bonds is 4. The van der Waals surface area contributed by atoms with Gasteiger partial charge in [0.05, 0.1) is 19.1 Å². The zero-order chi connectivity index (χ0) is 15.4. The molecule has 2 rings (SSSR count). The molecule has 6 heteroatoms. The maximum atomic E-state index is 13.8. The minimum Gasteiger partial charge on any atom is -0.337 e. The zero-order valence-electron chi connectivity index (χ0n) is 12.3. The van der Waals surface area contributed by atoms with Crippen molar-refractivity contribution in [3.63, 3.8) is 0 Å². The Kier molecular flexibility index (Phi) is 4.90. The number of hydrogen-bond acceptors (Lipinski definition) is 3. The van der Waals surface area contributed by atoms with Crippen LogP contribution in [0.2, 0.25) is 0 Å². The average Bonchev–Trinajstić information content (AvgIpc) is 2.48. The normalized spacial score (nSPS) is 16.7. The lowest BCUT2D eigenvalue weighted by atomic mass is 10.1. The molecule has 1 atom stereocenters. The lowest BCUT2D eigenvalue weighted by Gasteiger charge is -2.31. The van der Waals surface area contributed by atoms with E-state index in [4.69, 9.17) is 0 Å². The Hall–Kier alpha value is -1.95. The van der Waals surface area contributed by atoms with E-state index in [9.17, 15) is 14.0 Å². The Balaban J connectivity index is 2.01. The molecule has 2 amide bonds. The molecule has 114 valence electrons. The van der Waals surface area contributed by atoms with Gasteiger partial charge in [-0.1, -0.05) is 18.2 Å². The predicted molar refractivity (Wildman–Crippen MR) is 77.0 cm³/mol.